The minimum Gasteiger partial charge on any atom is -0.462 e. The first-order valence-corrected chi connectivity index (χ1v) is 5.51. The Morgan fingerprint density at radius 1 is 1.50 bits per heavy atom. The highest BCUT2D eigenvalue weighted by molar-refractivity contribution is 7.80. The van der Waals surface area contributed by atoms with Crippen molar-refractivity contribution in [3.63, 3.8) is 0 Å². The fourth-order valence-corrected chi connectivity index (χ4v) is 1.62. The third-order valence-corrected chi connectivity index (χ3v) is 2.68. The Hall–Kier alpha value is -1.47. The first-order valence-electron chi connectivity index (χ1n) is 5.07. The van der Waals surface area contributed by atoms with Crippen LogP contribution in [0.4, 0.5) is 0 Å². The summed E-state index contributed by atoms with van der Waals surface area (Å²) in [6, 6.07) is 5.49. The summed E-state index contributed by atoms with van der Waals surface area (Å²) in [5.74, 6) is -0.431. The Kier molecular flexibility index (Phi) is 4.39. The van der Waals surface area contributed by atoms with Crippen LogP contribution in [0, 0.1) is 11.3 Å². The molecule has 16 heavy (non-hydrogen) atoms. The van der Waals surface area contributed by atoms with E-state index in [0.717, 1.165) is 12.0 Å². The molecule has 0 saturated heterocycles. The van der Waals surface area contributed by atoms with Crippen molar-refractivity contribution in [2.24, 2.45) is 0 Å². The van der Waals surface area contributed by atoms with Crippen LogP contribution in [-0.4, -0.2) is 12.6 Å². The zero-order chi connectivity index (χ0) is 12.1. The Morgan fingerprint density at radius 3 is 2.69 bits per heavy atom. The number of hydrogen-bond donors (Lipinski definition) is 1. The van der Waals surface area contributed by atoms with Gasteiger partial charge in [-0.2, -0.15) is 5.26 Å². The third kappa shape index (κ3) is 2.56. The maximum absolute atomic E-state index is 11.6. The van der Waals surface area contributed by atoms with Gasteiger partial charge in [-0.15, -0.1) is 12.6 Å². The smallest absolute Gasteiger partial charge is 0.339 e. The average molecular weight is 235 g/mol. The highest BCUT2D eigenvalue weighted by Gasteiger charge is 2.15. The summed E-state index contributed by atoms with van der Waals surface area (Å²) >= 11 is 4.19. The second-order valence-corrected chi connectivity index (χ2v) is 3.67. The zero-order valence-corrected chi connectivity index (χ0v) is 10.2. The van der Waals surface area contributed by atoms with E-state index in [0.29, 0.717) is 22.6 Å². The molecule has 0 fully saturated rings. The molecule has 0 atom stereocenters. The zero-order valence-electron chi connectivity index (χ0n) is 9.28. The minimum atomic E-state index is -0.431. The van der Waals surface area contributed by atoms with Gasteiger partial charge in [0.25, 0.3) is 0 Å². The van der Waals surface area contributed by atoms with E-state index in [1.165, 1.54) is 0 Å². The molecule has 0 radical (unpaired) electrons. The van der Waals surface area contributed by atoms with E-state index in [1.807, 2.05) is 13.0 Å². The molecule has 0 N–H and O–H groups in total. The lowest BCUT2D eigenvalue weighted by Gasteiger charge is -2.08. The van der Waals surface area contributed by atoms with Crippen LogP contribution in [0.25, 0.3) is 0 Å². The molecule has 0 heterocycles. The lowest BCUT2D eigenvalue weighted by Crippen LogP contribution is -2.07. The van der Waals surface area contributed by atoms with E-state index in [4.69, 9.17) is 10.00 Å². The molecule has 1 aromatic rings. The van der Waals surface area contributed by atoms with Crippen LogP contribution in [-0.2, 0) is 11.2 Å². The molecule has 1 aromatic carbocycles. The summed E-state index contributed by atoms with van der Waals surface area (Å²) < 4.78 is 4.91. The van der Waals surface area contributed by atoms with Crippen molar-refractivity contribution in [2.75, 3.05) is 6.61 Å². The number of esters is 1. The predicted molar refractivity (Wildman–Crippen MR) is 63.7 cm³/mol. The second kappa shape index (κ2) is 5.57. The Bertz CT molecular complexity index is 449. The number of aryl methyl sites for hydroxylation is 1. The van der Waals surface area contributed by atoms with Gasteiger partial charge in [-0.3, -0.25) is 0 Å². The number of nitrogens with zero attached hydrogens (tertiary/aromatic N) is 1. The molecule has 0 amide bonds. The monoisotopic (exact) mass is 235 g/mol. The minimum absolute atomic E-state index is 0.310. The number of hydrogen-bond acceptors (Lipinski definition) is 4. The maximum atomic E-state index is 11.6. The Balaban J connectivity index is 3.27. The van der Waals surface area contributed by atoms with Crippen LogP contribution in [0.3, 0.4) is 0 Å². The van der Waals surface area contributed by atoms with Crippen LogP contribution in [0.5, 0.6) is 0 Å². The van der Waals surface area contributed by atoms with Crippen LogP contribution in [0.15, 0.2) is 17.0 Å². The van der Waals surface area contributed by atoms with Gasteiger partial charge in [0.2, 0.25) is 0 Å². The molecule has 0 unspecified atom stereocenters. The van der Waals surface area contributed by atoms with Gasteiger partial charge < -0.3 is 4.74 Å². The Morgan fingerprint density at radius 2 is 2.19 bits per heavy atom. The Labute approximate surface area is 100 Å². The lowest BCUT2D eigenvalue weighted by molar-refractivity contribution is 0.0522. The normalized spacial score (nSPS) is 9.62. The van der Waals surface area contributed by atoms with E-state index in [1.54, 1.807) is 19.1 Å². The molecule has 1 rings (SSSR count). The quantitative estimate of drug-likeness (QED) is 0.647. The third-order valence-electron chi connectivity index (χ3n) is 2.19. The number of nitriles is 1. The van der Waals surface area contributed by atoms with Crippen molar-refractivity contribution in [1.82, 2.24) is 0 Å². The first kappa shape index (κ1) is 12.6. The van der Waals surface area contributed by atoms with E-state index in [9.17, 15) is 4.79 Å². The van der Waals surface area contributed by atoms with Gasteiger partial charge >= 0.3 is 5.97 Å². The number of benzene rings is 1. The lowest BCUT2D eigenvalue weighted by atomic mass is 10.0. The van der Waals surface area contributed by atoms with E-state index >= 15 is 0 Å². The summed E-state index contributed by atoms with van der Waals surface area (Å²) in [5.41, 5.74) is 1.70. The van der Waals surface area contributed by atoms with Crippen molar-refractivity contribution in [3.05, 3.63) is 28.8 Å². The standard InChI is InChI=1S/C12H13NO2S/c1-3-8-5-9(7-13)11(16)10(6-8)12(14)15-4-2/h5-6,16H,3-4H2,1-2H3. The maximum Gasteiger partial charge on any atom is 0.339 e. The van der Waals surface area contributed by atoms with Crippen LogP contribution in [0.1, 0.15) is 35.3 Å². The topological polar surface area (TPSA) is 50.1 Å². The van der Waals surface area contributed by atoms with Crippen molar-refractivity contribution in [1.29, 1.82) is 5.26 Å². The summed E-state index contributed by atoms with van der Waals surface area (Å²) in [4.78, 5) is 12.0. The van der Waals surface area contributed by atoms with Crippen LogP contribution >= 0.6 is 12.6 Å². The average Bonchev–Trinajstić information content (AvgIpc) is 2.29. The number of carbonyl (C=O) groups is 1. The molecule has 0 aliphatic rings. The van der Waals surface area contributed by atoms with Gasteiger partial charge in [0.05, 0.1) is 17.7 Å². The first-order chi connectivity index (χ1) is 7.63. The largest absolute Gasteiger partial charge is 0.462 e. The fraction of sp³-hybridized carbons (Fsp3) is 0.333. The van der Waals surface area contributed by atoms with Gasteiger partial charge in [0, 0.05) is 4.90 Å². The van der Waals surface area contributed by atoms with Crippen molar-refractivity contribution >= 4 is 18.6 Å². The van der Waals surface area contributed by atoms with Gasteiger partial charge in [0.15, 0.2) is 0 Å². The van der Waals surface area contributed by atoms with Gasteiger partial charge in [-0.05, 0) is 31.0 Å². The summed E-state index contributed by atoms with van der Waals surface area (Å²) in [6.45, 7) is 4.01. The molecule has 0 aliphatic carbocycles. The highest BCUT2D eigenvalue weighted by Crippen LogP contribution is 2.22. The van der Waals surface area contributed by atoms with Crippen molar-refractivity contribution in [2.45, 2.75) is 25.2 Å². The molecule has 0 saturated carbocycles. The number of ether oxygens (including phenoxy) is 1. The van der Waals surface area contributed by atoms with E-state index in [-0.39, 0.29) is 0 Å². The molecule has 0 spiro atoms. The molecular formula is C12H13NO2S. The molecule has 0 aromatic heterocycles. The molecule has 84 valence electrons. The van der Waals surface area contributed by atoms with Crippen LogP contribution < -0.4 is 0 Å². The summed E-state index contributed by atoms with van der Waals surface area (Å²) in [5, 5.41) is 8.92. The summed E-state index contributed by atoms with van der Waals surface area (Å²) in [6.07, 6.45) is 0.759. The van der Waals surface area contributed by atoms with Crippen molar-refractivity contribution in [3.8, 4) is 6.07 Å². The number of thiol groups is 1. The fourth-order valence-electron chi connectivity index (χ4n) is 1.35. The molecule has 4 heteroatoms. The van der Waals surface area contributed by atoms with E-state index in [2.05, 4.69) is 12.6 Å². The summed E-state index contributed by atoms with van der Waals surface area (Å²) in [7, 11) is 0. The van der Waals surface area contributed by atoms with Crippen LogP contribution in [0.2, 0.25) is 0 Å². The molecular weight excluding hydrogens is 222 g/mol. The second-order valence-electron chi connectivity index (χ2n) is 3.23. The predicted octanol–water partition coefficient (Wildman–Crippen LogP) is 2.59. The SMILES string of the molecule is CCOC(=O)c1cc(CC)cc(C#N)c1S. The highest BCUT2D eigenvalue weighted by atomic mass is 32.1. The molecule has 0 aliphatic heterocycles. The van der Waals surface area contributed by atoms with Gasteiger partial charge in [0.1, 0.15) is 6.07 Å². The number of rotatable bonds is 3. The van der Waals surface area contributed by atoms with Crippen molar-refractivity contribution < 1.29 is 9.53 Å². The number of carbonyl (C=O) groups excluding carboxylic acids is 1. The molecule has 0 bridgehead atoms. The molecule has 3 nitrogen and oxygen atoms in total. The van der Waals surface area contributed by atoms with Gasteiger partial charge in [-0.1, -0.05) is 6.92 Å². The van der Waals surface area contributed by atoms with Gasteiger partial charge in [-0.25, -0.2) is 4.79 Å². The van der Waals surface area contributed by atoms with E-state index < -0.39 is 5.97 Å².